The van der Waals surface area contributed by atoms with E-state index >= 15 is 0 Å². The molecule has 0 aromatic heterocycles. The number of carbonyl (C=O) groups excluding carboxylic acids is 1. The molecule has 0 saturated carbocycles. The molecule has 22 heavy (non-hydrogen) atoms. The zero-order chi connectivity index (χ0) is 16.5. The molecule has 2 rings (SSSR count). The molecule has 2 aliphatic rings. The molecule has 0 aromatic rings. The van der Waals surface area contributed by atoms with E-state index in [1.54, 1.807) is 23.7 Å². The third-order valence-corrected chi connectivity index (χ3v) is 4.71. The lowest BCUT2D eigenvalue weighted by atomic mass is 9.96. The quantitative estimate of drug-likeness (QED) is 0.444. The van der Waals surface area contributed by atoms with Gasteiger partial charge in [-0.2, -0.15) is 0 Å². The molecule has 0 aromatic carbocycles. The second kappa shape index (κ2) is 6.34. The number of thioether (sulfide) groups is 1. The Morgan fingerprint density at radius 2 is 2.00 bits per heavy atom. The van der Waals surface area contributed by atoms with Crippen molar-refractivity contribution in [1.82, 2.24) is 9.91 Å². The van der Waals surface area contributed by atoms with E-state index in [0.29, 0.717) is 0 Å². The van der Waals surface area contributed by atoms with Crippen LogP contribution < -0.4 is 5.84 Å². The van der Waals surface area contributed by atoms with Gasteiger partial charge >= 0.3 is 6.03 Å². The van der Waals surface area contributed by atoms with Gasteiger partial charge in [0.1, 0.15) is 0 Å². The number of carbonyl (C=O) groups is 1. The summed E-state index contributed by atoms with van der Waals surface area (Å²) >= 11 is 1.73. The molecule has 0 bridgehead atoms. The van der Waals surface area contributed by atoms with E-state index in [1.165, 1.54) is 0 Å². The first-order valence-electron chi connectivity index (χ1n) is 7.52. The molecule has 1 aliphatic heterocycles. The molecule has 0 atom stereocenters. The standard InChI is InChI=1S/C17H25N3OS/c1-12-14(10-11-17(2,3)4)22-15-9-7-6-8-13(15)20(12)16(21)19(5)18/h8-11H,6-7,18H2,1-5H3. The molecule has 120 valence electrons. The van der Waals surface area contributed by atoms with Crippen LogP contribution in [0.1, 0.15) is 40.5 Å². The molecule has 0 fully saturated rings. The Labute approximate surface area is 137 Å². The number of nitrogens with zero attached hydrogens (tertiary/aromatic N) is 2. The molecule has 1 aliphatic carbocycles. The lowest BCUT2D eigenvalue weighted by Crippen LogP contribution is -2.44. The highest BCUT2D eigenvalue weighted by Gasteiger charge is 2.31. The van der Waals surface area contributed by atoms with Gasteiger partial charge in [-0.1, -0.05) is 50.8 Å². The van der Waals surface area contributed by atoms with Gasteiger partial charge in [-0.15, -0.1) is 0 Å². The minimum Gasteiger partial charge on any atom is -0.265 e. The van der Waals surface area contributed by atoms with E-state index in [0.717, 1.165) is 39.1 Å². The van der Waals surface area contributed by atoms with E-state index in [1.807, 2.05) is 6.92 Å². The second-order valence-corrected chi connectivity index (χ2v) is 7.80. The number of rotatable bonds is 1. The van der Waals surface area contributed by atoms with Crippen LogP contribution in [-0.4, -0.2) is 23.0 Å². The van der Waals surface area contributed by atoms with Gasteiger partial charge in [-0.25, -0.2) is 10.6 Å². The molecule has 1 heterocycles. The summed E-state index contributed by atoms with van der Waals surface area (Å²) < 4.78 is 0. The van der Waals surface area contributed by atoms with E-state index < -0.39 is 0 Å². The van der Waals surface area contributed by atoms with Gasteiger partial charge in [0, 0.05) is 22.6 Å². The number of nitrogens with two attached hydrogens (primary N) is 1. The average molecular weight is 319 g/mol. The van der Waals surface area contributed by atoms with Crippen molar-refractivity contribution < 1.29 is 4.79 Å². The van der Waals surface area contributed by atoms with Gasteiger partial charge in [0.25, 0.3) is 0 Å². The van der Waals surface area contributed by atoms with Gasteiger partial charge in [0.2, 0.25) is 0 Å². The number of urea groups is 1. The van der Waals surface area contributed by atoms with Crippen molar-refractivity contribution in [1.29, 1.82) is 0 Å². The van der Waals surface area contributed by atoms with Crippen molar-refractivity contribution in [3.63, 3.8) is 0 Å². The lowest BCUT2D eigenvalue weighted by Gasteiger charge is -2.36. The van der Waals surface area contributed by atoms with Crippen molar-refractivity contribution in [3.8, 4) is 0 Å². The molecule has 0 unspecified atom stereocenters. The van der Waals surface area contributed by atoms with Crippen LogP contribution in [0.15, 0.2) is 45.5 Å². The van der Waals surface area contributed by atoms with Crippen LogP contribution in [0.25, 0.3) is 0 Å². The Morgan fingerprint density at radius 1 is 1.36 bits per heavy atom. The zero-order valence-electron chi connectivity index (χ0n) is 14.0. The molecule has 4 nitrogen and oxygen atoms in total. The summed E-state index contributed by atoms with van der Waals surface area (Å²) in [5.41, 5.74) is 1.99. The summed E-state index contributed by atoms with van der Waals surface area (Å²) in [6, 6.07) is -0.210. The van der Waals surface area contributed by atoms with Gasteiger partial charge < -0.3 is 0 Å². The van der Waals surface area contributed by atoms with Crippen LogP contribution in [0, 0.1) is 5.41 Å². The maximum atomic E-state index is 12.5. The van der Waals surface area contributed by atoms with Crippen LogP contribution in [0.4, 0.5) is 4.79 Å². The van der Waals surface area contributed by atoms with Gasteiger partial charge in [-0.05, 0) is 31.3 Å². The smallest absolute Gasteiger partial charge is 0.265 e. The number of allylic oxidation sites excluding steroid dienone is 5. The fourth-order valence-corrected chi connectivity index (χ4v) is 3.40. The average Bonchev–Trinajstić information content (AvgIpc) is 2.43. The van der Waals surface area contributed by atoms with Crippen LogP contribution >= 0.6 is 11.8 Å². The minimum absolute atomic E-state index is 0.102. The van der Waals surface area contributed by atoms with Crippen LogP contribution in [0.3, 0.4) is 0 Å². The summed E-state index contributed by atoms with van der Waals surface area (Å²) in [4.78, 5) is 16.5. The van der Waals surface area contributed by atoms with Gasteiger partial charge in [-0.3, -0.25) is 9.91 Å². The van der Waals surface area contributed by atoms with E-state index in [-0.39, 0.29) is 11.4 Å². The predicted molar refractivity (Wildman–Crippen MR) is 93.5 cm³/mol. The fraction of sp³-hybridized carbons (Fsp3) is 0.471. The molecule has 0 spiro atoms. The van der Waals surface area contributed by atoms with E-state index in [9.17, 15) is 4.79 Å². The summed E-state index contributed by atoms with van der Waals surface area (Å²) in [7, 11) is 1.58. The first kappa shape index (κ1) is 16.9. The van der Waals surface area contributed by atoms with Crippen LogP contribution in [0.5, 0.6) is 0 Å². The highest BCUT2D eigenvalue weighted by Crippen LogP contribution is 2.45. The predicted octanol–water partition coefficient (Wildman–Crippen LogP) is 4.36. The number of hydrogen-bond donors (Lipinski definition) is 1. The van der Waals surface area contributed by atoms with Crippen LogP contribution in [0.2, 0.25) is 0 Å². The number of hydrogen-bond acceptors (Lipinski definition) is 3. The Hall–Kier alpha value is -1.46. The van der Waals surface area contributed by atoms with E-state index in [2.05, 4.69) is 45.1 Å². The zero-order valence-corrected chi connectivity index (χ0v) is 14.8. The Balaban J connectivity index is 2.47. The third kappa shape index (κ3) is 3.65. The molecule has 5 heteroatoms. The monoisotopic (exact) mass is 319 g/mol. The van der Waals surface area contributed by atoms with Crippen molar-refractivity contribution in [2.24, 2.45) is 11.3 Å². The van der Waals surface area contributed by atoms with Gasteiger partial charge in [0.05, 0.1) is 5.70 Å². The summed E-state index contributed by atoms with van der Waals surface area (Å²) in [5.74, 6) is 5.69. The SMILES string of the molecule is CC1=C(C=CC(C)(C)C)SC2=CCCC=C2N1C(=O)N(C)N. The molecule has 0 saturated heterocycles. The van der Waals surface area contributed by atoms with Gasteiger partial charge in [0.15, 0.2) is 0 Å². The van der Waals surface area contributed by atoms with Crippen LogP contribution in [-0.2, 0) is 0 Å². The molecule has 0 radical (unpaired) electrons. The Morgan fingerprint density at radius 3 is 2.59 bits per heavy atom. The van der Waals surface area contributed by atoms with Crippen molar-refractivity contribution in [3.05, 3.63) is 45.5 Å². The molecular formula is C17H25N3OS. The third-order valence-electron chi connectivity index (χ3n) is 3.47. The Kier molecular flexibility index (Phi) is 4.87. The van der Waals surface area contributed by atoms with Crippen molar-refractivity contribution >= 4 is 17.8 Å². The largest absolute Gasteiger partial charge is 0.342 e. The molecule has 2 N–H and O–H groups in total. The van der Waals surface area contributed by atoms with E-state index in [4.69, 9.17) is 5.84 Å². The summed E-state index contributed by atoms with van der Waals surface area (Å²) in [6.45, 7) is 8.46. The minimum atomic E-state index is -0.210. The number of fused-ring (bicyclic) bond motifs is 1. The maximum Gasteiger partial charge on any atom is 0.342 e. The summed E-state index contributed by atoms with van der Waals surface area (Å²) in [6.07, 6.45) is 10.6. The second-order valence-electron chi connectivity index (χ2n) is 6.72. The maximum absolute atomic E-state index is 12.5. The number of hydrazine groups is 1. The fourth-order valence-electron chi connectivity index (χ4n) is 2.30. The normalized spacial score (nSPS) is 19.1. The highest BCUT2D eigenvalue weighted by atomic mass is 32.2. The number of amides is 2. The Bertz CT molecular complexity index is 592. The van der Waals surface area contributed by atoms with Crippen molar-refractivity contribution in [2.75, 3.05) is 7.05 Å². The summed E-state index contributed by atoms with van der Waals surface area (Å²) in [5, 5.41) is 1.14. The topological polar surface area (TPSA) is 49.6 Å². The lowest BCUT2D eigenvalue weighted by molar-refractivity contribution is 0.187. The first-order chi connectivity index (χ1) is 10.2. The molecule has 2 amide bonds. The van der Waals surface area contributed by atoms with Crippen molar-refractivity contribution in [2.45, 2.75) is 40.5 Å². The molecular weight excluding hydrogens is 294 g/mol. The highest BCUT2D eigenvalue weighted by molar-refractivity contribution is 8.07. The first-order valence-corrected chi connectivity index (χ1v) is 8.33.